The molecule has 34 heavy (non-hydrogen) atoms. The van der Waals surface area contributed by atoms with Crippen molar-refractivity contribution in [2.75, 3.05) is 48.8 Å². The highest BCUT2D eigenvalue weighted by Gasteiger charge is 2.17. The molecule has 1 aliphatic heterocycles. The summed E-state index contributed by atoms with van der Waals surface area (Å²) in [5, 5.41) is 5.63. The number of carbonyl (C=O) groups excluding carboxylic acids is 2. The molecule has 1 saturated heterocycles. The predicted octanol–water partition coefficient (Wildman–Crippen LogP) is 3.74. The average molecular weight is 459 g/mol. The van der Waals surface area contributed by atoms with Gasteiger partial charge in [0.2, 0.25) is 0 Å². The number of carbonyl (C=O) groups is 2. The number of nitrogens with zero attached hydrogens (tertiary/aromatic N) is 4. The van der Waals surface area contributed by atoms with E-state index in [1.165, 1.54) is 0 Å². The van der Waals surface area contributed by atoms with E-state index in [1.807, 2.05) is 32.0 Å². The van der Waals surface area contributed by atoms with Gasteiger partial charge in [-0.25, -0.2) is 9.97 Å². The van der Waals surface area contributed by atoms with Crippen LogP contribution in [0.15, 0.2) is 54.9 Å². The van der Waals surface area contributed by atoms with Gasteiger partial charge in [0.15, 0.2) is 0 Å². The van der Waals surface area contributed by atoms with Gasteiger partial charge in [-0.05, 0) is 69.8 Å². The maximum absolute atomic E-state index is 12.9. The minimum Gasteiger partial charge on any atom is -0.369 e. The molecule has 2 N–H and O–H groups in total. The summed E-state index contributed by atoms with van der Waals surface area (Å²) >= 11 is 0. The summed E-state index contributed by atoms with van der Waals surface area (Å²) < 4.78 is 0. The predicted molar refractivity (Wildman–Crippen MR) is 135 cm³/mol. The van der Waals surface area contributed by atoms with Crippen molar-refractivity contribution < 1.29 is 9.59 Å². The summed E-state index contributed by atoms with van der Waals surface area (Å²) in [5.74, 6) is -0.260. The van der Waals surface area contributed by atoms with Crippen LogP contribution in [0.3, 0.4) is 0 Å². The van der Waals surface area contributed by atoms with E-state index in [9.17, 15) is 9.59 Å². The fourth-order valence-corrected chi connectivity index (χ4v) is 3.88. The Morgan fingerprint density at radius 1 is 0.824 bits per heavy atom. The summed E-state index contributed by atoms with van der Waals surface area (Å²) in [4.78, 5) is 39.1. The summed E-state index contributed by atoms with van der Waals surface area (Å²) in [6.45, 7) is 7.80. The second-order valence-electron chi connectivity index (χ2n) is 8.72. The molecule has 0 saturated carbocycles. The van der Waals surface area contributed by atoms with Gasteiger partial charge in [-0.1, -0.05) is 17.7 Å². The highest BCUT2D eigenvalue weighted by molar-refractivity contribution is 6.12. The van der Waals surface area contributed by atoms with Gasteiger partial charge in [0, 0.05) is 25.8 Å². The highest BCUT2D eigenvalue weighted by Crippen LogP contribution is 2.21. The number of aryl methyl sites for hydroxylation is 2. The van der Waals surface area contributed by atoms with Gasteiger partial charge in [-0.15, -0.1) is 0 Å². The molecule has 8 nitrogen and oxygen atoms in total. The first kappa shape index (κ1) is 23.4. The number of aromatic nitrogens is 2. The van der Waals surface area contributed by atoms with Crippen molar-refractivity contribution in [3.8, 4) is 0 Å². The number of hydrogen-bond acceptors (Lipinski definition) is 6. The maximum atomic E-state index is 12.9. The van der Waals surface area contributed by atoms with Crippen molar-refractivity contribution in [3.05, 3.63) is 77.2 Å². The third-order valence-electron chi connectivity index (χ3n) is 5.89. The summed E-state index contributed by atoms with van der Waals surface area (Å²) in [6.07, 6.45) is 4.52. The van der Waals surface area contributed by atoms with E-state index in [1.54, 1.807) is 36.7 Å². The zero-order valence-electron chi connectivity index (χ0n) is 19.8. The Morgan fingerprint density at radius 2 is 1.65 bits per heavy atom. The van der Waals surface area contributed by atoms with E-state index in [4.69, 9.17) is 0 Å². The molecule has 0 aliphatic carbocycles. The molecule has 1 aromatic carbocycles. The molecule has 3 aromatic rings. The number of benzene rings is 1. The van der Waals surface area contributed by atoms with E-state index in [2.05, 4.69) is 37.4 Å². The van der Waals surface area contributed by atoms with Crippen molar-refractivity contribution in [3.63, 3.8) is 0 Å². The van der Waals surface area contributed by atoms with Gasteiger partial charge in [0.1, 0.15) is 11.5 Å². The van der Waals surface area contributed by atoms with Crippen molar-refractivity contribution in [2.24, 2.45) is 0 Å². The lowest BCUT2D eigenvalue weighted by Crippen LogP contribution is -2.28. The lowest BCUT2D eigenvalue weighted by molar-refractivity contribution is 0.102. The molecule has 1 aliphatic rings. The number of likely N-dealkylation sites (N-methyl/N-ethyl adjacent to an activating group) is 1. The molecule has 1 fully saturated rings. The minimum absolute atomic E-state index is 0.294. The molecule has 0 atom stereocenters. The van der Waals surface area contributed by atoms with Crippen LogP contribution in [-0.2, 0) is 0 Å². The van der Waals surface area contributed by atoms with Gasteiger partial charge in [-0.2, -0.15) is 0 Å². The fourth-order valence-electron chi connectivity index (χ4n) is 3.88. The Hall–Kier alpha value is -3.78. The second kappa shape index (κ2) is 10.4. The molecule has 3 heterocycles. The molecule has 176 valence electrons. The van der Waals surface area contributed by atoms with Crippen LogP contribution in [0.25, 0.3) is 0 Å². The van der Waals surface area contributed by atoms with Crippen LogP contribution in [0.4, 0.5) is 17.2 Å². The second-order valence-corrected chi connectivity index (χ2v) is 8.72. The lowest BCUT2D eigenvalue weighted by atomic mass is 10.1. The van der Waals surface area contributed by atoms with Crippen LogP contribution in [0.5, 0.6) is 0 Å². The van der Waals surface area contributed by atoms with Crippen molar-refractivity contribution in [1.82, 2.24) is 14.9 Å². The molecule has 0 unspecified atom stereocenters. The third-order valence-corrected chi connectivity index (χ3v) is 5.89. The van der Waals surface area contributed by atoms with Crippen LogP contribution < -0.4 is 15.5 Å². The monoisotopic (exact) mass is 458 g/mol. The van der Waals surface area contributed by atoms with Crippen LogP contribution in [0, 0.1) is 13.8 Å². The lowest BCUT2D eigenvalue weighted by Gasteiger charge is -2.22. The minimum atomic E-state index is -0.367. The molecule has 2 aromatic heterocycles. The van der Waals surface area contributed by atoms with Gasteiger partial charge < -0.3 is 20.4 Å². The van der Waals surface area contributed by atoms with Crippen LogP contribution in [0.2, 0.25) is 0 Å². The molecule has 8 heteroatoms. The standard InChI is InChI=1S/C26H30N6O2/c1-18-5-8-22(21(15-18)25(33)30-24-10-6-19(2)16-28-24)29-26(34)23-9-7-20(17-27-23)32-12-4-11-31(3)13-14-32/h5-10,15-17H,4,11-14H2,1-3H3,(H,29,34)(H,28,30,33). The van der Waals surface area contributed by atoms with E-state index in [-0.39, 0.29) is 11.8 Å². The zero-order chi connectivity index (χ0) is 24.1. The van der Waals surface area contributed by atoms with Crippen LogP contribution in [-0.4, -0.2) is 59.9 Å². The molecule has 2 amide bonds. The summed E-state index contributed by atoms with van der Waals surface area (Å²) in [7, 11) is 2.13. The first-order chi connectivity index (χ1) is 16.4. The average Bonchev–Trinajstić information content (AvgIpc) is 3.06. The first-order valence-electron chi connectivity index (χ1n) is 11.4. The Morgan fingerprint density at radius 3 is 2.38 bits per heavy atom. The summed E-state index contributed by atoms with van der Waals surface area (Å²) in [5.41, 5.74) is 3.99. The molecule has 0 spiro atoms. The summed E-state index contributed by atoms with van der Waals surface area (Å²) in [6, 6.07) is 12.6. The Labute approximate surface area is 200 Å². The molecular weight excluding hydrogens is 428 g/mol. The number of hydrogen-bond donors (Lipinski definition) is 2. The maximum Gasteiger partial charge on any atom is 0.274 e. The van der Waals surface area contributed by atoms with E-state index in [0.717, 1.165) is 49.4 Å². The Balaban J connectivity index is 1.47. The third kappa shape index (κ3) is 5.77. The quantitative estimate of drug-likeness (QED) is 0.605. The highest BCUT2D eigenvalue weighted by atomic mass is 16.2. The molecule has 0 bridgehead atoms. The number of rotatable bonds is 5. The van der Waals surface area contributed by atoms with Crippen LogP contribution >= 0.6 is 0 Å². The molecule has 4 rings (SSSR count). The Kier molecular flexibility index (Phi) is 7.18. The largest absolute Gasteiger partial charge is 0.369 e. The number of anilines is 3. The van der Waals surface area contributed by atoms with Crippen molar-refractivity contribution in [1.29, 1.82) is 0 Å². The van der Waals surface area contributed by atoms with Gasteiger partial charge in [0.25, 0.3) is 11.8 Å². The van der Waals surface area contributed by atoms with Gasteiger partial charge in [0.05, 0.1) is 23.1 Å². The van der Waals surface area contributed by atoms with Crippen molar-refractivity contribution in [2.45, 2.75) is 20.3 Å². The Bertz CT molecular complexity index is 1160. The van der Waals surface area contributed by atoms with Crippen LogP contribution in [0.1, 0.15) is 38.4 Å². The molecule has 0 radical (unpaired) electrons. The number of nitrogens with one attached hydrogen (secondary N) is 2. The number of pyridine rings is 2. The smallest absolute Gasteiger partial charge is 0.274 e. The normalized spacial score (nSPS) is 14.4. The molecular formula is C26H30N6O2. The van der Waals surface area contributed by atoms with E-state index in [0.29, 0.717) is 22.8 Å². The number of amides is 2. The van der Waals surface area contributed by atoms with Gasteiger partial charge in [-0.3, -0.25) is 9.59 Å². The SMILES string of the molecule is Cc1ccc(NC(=O)c2cc(C)ccc2NC(=O)c2ccc(N3CCCN(C)CC3)cn2)nc1. The first-order valence-corrected chi connectivity index (χ1v) is 11.4. The van der Waals surface area contributed by atoms with Crippen molar-refractivity contribution >= 4 is 29.0 Å². The zero-order valence-corrected chi connectivity index (χ0v) is 19.8. The van der Waals surface area contributed by atoms with E-state index < -0.39 is 0 Å². The van der Waals surface area contributed by atoms with E-state index >= 15 is 0 Å². The topological polar surface area (TPSA) is 90.5 Å². The fraction of sp³-hybridized carbons (Fsp3) is 0.308. The van der Waals surface area contributed by atoms with Gasteiger partial charge >= 0.3 is 0 Å².